The average Bonchev–Trinajstić information content (AvgIpc) is 2.68. The molecule has 0 fully saturated rings. The third-order valence-corrected chi connectivity index (χ3v) is 3.95. The Morgan fingerprint density at radius 2 is 1.81 bits per heavy atom. The fraction of sp³-hybridized carbons (Fsp3) is 0.211. The zero-order valence-electron chi connectivity index (χ0n) is 14.6. The van der Waals surface area contributed by atoms with E-state index in [1.54, 1.807) is 38.5 Å². The van der Waals surface area contributed by atoms with Gasteiger partial charge in [-0.25, -0.2) is 4.98 Å². The SMILES string of the molecule is COc1cc(CNC(=O)Cn2cnc3ccccc3c2=O)cc(OC)c1. The molecule has 7 heteroatoms. The molecule has 0 saturated carbocycles. The predicted molar refractivity (Wildman–Crippen MR) is 97.4 cm³/mol. The van der Waals surface area contributed by atoms with Crippen LogP contribution in [0, 0.1) is 0 Å². The number of amides is 1. The van der Waals surface area contributed by atoms with Crippen LogP contribution in [0.2, 0.25) is 0 Å². The van der Waals surface area contributed by atoms with Crippen LogP contribution >= 0.6 is 0 Å². The first-order valence-electron chi connectivity index (χ1n) is 8.03. The van der Waals surface area contributed by atoms with Gasteiger partial charge in [-0.2, -0.15) is 0 Å². The molecule has 1 aromatic heterocycles. The number of hydrogen-bond donors (Lipinski definition) is 1. The summed E-state index contributed by atoms with van der Waals surface area (Å²) in [5.74, 6) is 0.998. The fourth-order valence-electron chi connectivity index (χ4n) is 2.60. The number of nitrogens with zero attached hydrogens (tertiary/aromatic N) is 2. The van der Waals surface area contributed by atoms with Crippen molar-refractivity contribution in [2.75, 3.05) is 14.2 Å². The number of fused-ring (bicyclic) bond motifs is 1. The maximum atomic E-state index is 12.4. The third kappa shape index (κ3) is 3.83. The molecule has 3 rings (SSSR count). The molecule has 0 aliphatic carbocycles. The van der Waals surface area contributed by atoms with E-state index in [9.17, 15) is 9.59 Å². The van der Waals surface area contributed by atoms with Gasteiger partial charge in [0.05, 0.1) is 31.4 Å². The van der Waals surface area contributed by atoms with Crippen LogP contribution in [0.5, 0.6) is 11.5 Å². The highest BCUT2D eigenvalue weighted by Gasteiger charge is 2.09. The minimum absolute atomic E-state index is 0.0994. The molecular formula is C19H19N3O4. The largest absolute Gasteiger partial charge is 0.497 e. The number of aromatic nitrogens is 2. The van der Waals surface area contributed by atoms with Gasteiger partial charge in [0.2, 0.25) is 5.91 Å². The minimum atomic E-state index is -0.286. The number of hydrogen-bond acceptors (Lipinski definition) is 5. The van der Waals surface area contributed by atoms with E-state index >= 15 is 0 Å². The molecule has 3 aromatic rings. The lowest BCUT2D eigenvalue weighted by atomic mass is 10.2. The first kappa shape index (κ1) is 17.5. The predicted octanol–water partition coefficient (Wildman–Crippen LogP) is 1.73. The van der Waals surface area contributed by atoms with Gasteiger partial charge in [0, 0.05) is 12.6 Å². The molecule has 7 nitrogen and oxygen atoms in total. The molecule has 1 amide bonds. The molecular weight excluding hydrogens is 334 g/mol. The zero-order chi connectivity index (χ0) is 18.5. The van der Waals surface area contributed by atoms with E-state index in [-0.39, 0.29) is 18.0 Å². The van der Waals surface area contributed by atoms with Crippen molar-refractivity contribution in [1.82, 2.24) is 14.9 Å². The van der Waals surface area contributed by atoms with Gasteiger partial charge < -0.3 is 14.8 Å². The number of carbonyl (C=O) groups excluding carboxylic acids is 1. The van der Waals surface area contributed by atoms with Crippen LogP contribution < -0.4 is 20.3 Å². The van der Waals surface area contributed by atoms with Gasteiger partial charge in [-0.15, -0.1) is 0 Å². The molecule has 26 heavy (non-hydrogen) atoms. The average molecular weight is 353 g/mol. The molecule has 1 heterocycles. The Morgan fingerprint density at radius 1 is 1.12 bits per heavy atom. The second-order valence-electron chi connectivity index (χ2n) is 5.69. The van der Waals surface area contributed by atoms with E-state index in [0.29, 0.717) is 28.9 Å². The molecule has 2 aromatic carbocycles. The van der Waals surface area contributed by atoms with Crippen LogP contribution in [-0.4, -0.2) is 29.7 Å². The summed E-state index contributed by atoms with van der Waals surface area (Å²) in [6.45, 7) is 0.194. The Morgan fingerprint density at radius 3 is 2.50 bits per heavy atom. The molecule has 0 aliphatic rings. The molecule has 134 valence electrons. The fourth-order valence-corrected chi connectivity index (χ4v) is 2.60. The summed E-state index contributed by atoms with van der Waals surface area (Å²) in [6.07, 6.45) is 1.39. The molecule has 1 N–H and O–H groups in total. The van der Waals surface area contributed by atoms with Crippen molar-refractivity contribution in [1.29, 1.82) is 0 Å². The van der Waals surface area contributed by atoms with E-state index in [4.69, 9.17) is 9.47 Å². The number of para-hydroxylation sites is 1. The molecule has 0 unspecified atom stereocenters. The van der Waals surface area contributed by atoms with E-state index in [1.165, 1.54) is 10.9 Å². The summed E-state index contributed by atoms with van der Waals surface area (Å²) in [5, 5.41) is 3.27. The van der Waals surface area contributed by atoms with E-state index in [2.05, 4.69) is 10.3 Å². The number of rotatable bonds is 6. The van der Waals surface area contributed by atoms with Gasteiger partial charge in [-0.05, 0) is 29.8 Å². The first-order chi connectivity index (χ1) is 12.6. The topological polar surface area (TPSA) is 82.5 Å². The van der Waals surface area contributed by atoms with Crippen molar-refractivity contribution >= 4 is 16.8 Å². The lowest BCUT2D eigenvalue weighted by molar-refractivity contribution is -0.121. The Hall–Kier alpha value is -3.35. The summed E-state index contributed by atoms with van der Waals surface area (Å²) in [5.41, 5.74) is 1.20. The molecule has 0 bridgehead atoms. The number of methoxy groups -OCH3 is 2. The lowest BCUT2D eigenvalue weighted by Gasteiger charge is -2.10. The van der Waals surface area contributed by atoms with Gasteiger partial charge in [-0.3, -0.25) is 14.2 Å². The Balaban J connectivity index is 1.70. The Kier molecular flexibility index (Phi) is 5.17. The normalized spacial score (nSPS) is 10.5. The summed E-state index contributed by atoms with van der Waals surface area (Å²) in [4.78, 5) is 28.8. The van der Waals surface area contributed by atoms with Crippen LogP contribution in [0.3, 0.4) is 0 Å². The maximum absolute atomic E-state index is 12.4. The quantitative estimate of drug-likeness (QED) is 0.730. The van der Waals surface area contributed by atoms with Crippen molar-refractivity contribution < 1.29 is 14.3 Å². The molecule has 0 radical (unpaired) electrons. The second kappa shape index (κ2) is 7.69. The highest BCUT2D eigenvalue weighted by atomic mass is 16.5. The highest BCUT2D eigenvalue weighted by Crippen LogP contribution is 2.22. The van der Waals surface area contributed by atoms with Gasteiger partial charge >= 0.3 is 0 Å². The number of nitrogens with one attached hydrogen (secondary N) is 1. The van der Waals surface area contributed by atoms with Gasteiger partial charge in [0.1, 0.15) is 18.0 Å². The van der Waals surface area contributed by atoms with Crippen LogP contribution in [0.15, 0.2) is 53.6 Å². The Labute approximate surface area is 150 Å². The van der Waals surface area contributed by atoms with Gasteiger partial charge in [0.25, 0.3) is 5.56 Å². The third-order valence-electron chi connectivity index (χ3n) is 3.95. The second-order valence-corrected chi connectivity index (χ2v) is 5.69. The number of ether oxygens (including phenoxy) is 2. The summed E-state index contributed by atoms with van der Waals surface area (Å²) < 4.78 is 11.7. The number of benzene rings is 2. The number of carbonyl (C=O) groups is 1. The molecule has 0 saturated heterocycles. The molecule has 0 atom stereocenters. The van der Waals surface area contributed by atoms with Gasteiger partial charge in [-0.1, -0.05) is 12.1 Å². The lowest BCUT2D eigenvalue weighted by Crippen LogP contribution is -2.32. The Bertz CT molecular complexity index is 975. The van der Waals surface area contributed by atoms with Crippen molar-refractivity contribution in [2.24, 2.45) is 0 Å². The monoisotopic (exact) mass is 353 g/mol. The highest BCUT2D eigenvalue weighted by molar-refractivity contribution is 5.78. The first-order valence-corrected chi connectivity index (χ1v) is 8.03. The summed E-state index contributed by atoms with van der Waals surface area (Å²) in [6, 6.07) is 12.4. The van der Waals surface area contributed by atoms with Crippen LogP contribution in [0.1, 0.15) is 5.56 Å². The summed E-state index contributed by atoms with van der Waals surface area (Å²) in [7, 11) is 3.13. The van der Waals surface area contributed by atoms with Crippen molar-refractivity contribution in [2.45, 2.75) is 13.1 Å². The minimum Gasteiger partial charge on any atom is -0.497 e. The smallest absolute Gasteiger partial charge is 0.261 e. The van der Waals surface area contributed by atoms with Gasteiger partial charge in [0.15, 0.2) is 0 Å². The van der Waals surface area contributed by atoms with Crippen molar-refractivity contribution in [3.8, 4) is 11.5 Å². The van der Waals surface area contributed by atoms with Crippen LogP contribution in [0.4, 0.5) is 0 Å². The molecule has 0 aliphatic heterocycles. The maximum Gasteiger partial charge on any atom is 0.261 e. The van der Waals surface area contributed by atoms with E-state index in [1.807, 2.05) is 18.2 Å². The van der Waals surface area contributed by atoms with E-state index in [0.717, 1.165) is 5.56 Å². The standard InChI is InChI=1S/C19H19N3O4/c1-25-14-7-13(8-15(9-14)26-2)10-20-18(23)11-22-12-21-17-6-4-3-5-16(17)19(22)24/h3-9,12H,10-11H2,1-2H3,(H,20,23). The van der Waals surface area contributed by atoms with Crippen molar-refractivity contribution in [3.63, 3.8) is 0 Å². The molecule has 0 spiro atoms. The zero-order valence-corrected chi connectivity index (χ0v) is 14.6. The van der Waals surface area contributed by atoms with Crippen LogP contribution in [-0.2, 0) is 17.9 Å². The van der Waals surface area contributed by atoms with Crippen molar-refractivity contribution in [3.05, 3.63) is 64.7 Å². The summed E-state index contributed by atoms with van der Waals surface area (Å²) >= 11 is 0. The van der Waals surface area contributed by atoms with E-state index < -0.39 is 0 Å². The van der Waals surface area contributed by atoms with Crippen LogP contribution in [0.25, 0.3) is 10.9 Å².